The predicted octanol–water partition coefficient (Wildman–Crippen LogP) is 2.84. The van der Waals surface area contributed by atoms with E-state index in [0.717, 1.165) is 17.7 Å². The van der Waals surface area contributed by atoms with E-state index in [1.54, 1.807) is 17.0 Å². The fraction of sp³-hybridized carbons (Fsp3) is 0.409. The average molecular weight is 489 g/mol. The van der Waals surface area contributed by atoms with Gasteiger partial charge >= 0.3 is 0 Å². The Morgan fingerprint density at radius 2 is 1.85 bits per heavy atom. The molecular formula is C22H24N4O5S2. The first-order valence-electron chi connectivity index (χ1n) is 10.9. The van der Waals surface area contributed by atoms with Gasteiger partial charge in [-0.2, -0.15) is 4.31 Å². The summed E-state index contributed by atoms with van der Waals surface area (Å²) in [7, 11) is -3.59. The third-order valence-electron chi connectivity index (χ3n) is 5.94. The van der Waals surface area contributed by atoms with Crippen LogP contribution in [0.4, 0.5) is 0 Å². The molecule has 1 atom stereocenters. The van der Waals surface area contributed by atoms with Crippen molar-refractivity contribution in [3.8, 4) is 10.8 Å². The van der Waals surface area contributed by atoms with Crippen LogP contribution in [0.15, 0.2) is 51.1 Å². The summed E-state index contributed by atoms with van der Waals surface area (Å²) in [4.78, 5) is 16.0. The van der Waals surface area contributed by atoms with Crippen LogP contribution < -0.4 is 0 Å². The first-order valence-corrected chi connectivity index (χ1v) is 13.2. The molecule has 0 N–H and O–H groups in total. The van der Waals surface area contributed by atoms with Crippen LogP contribution in [0.2, 0.25) is 0 Å². The van der Waals surface area contributed by atoms with Crippen molar-refractivity contribution in [1.82, 2.24) is 19.4 Å². The van der Waals surface area contributed by atoms with Crippen molar-refractivity contribution in [2.24, 2.45) is 0 Å². The van der Waals surface area contributed by atoms with E-state index in [9.17, 15) is 13.2 Å². The highest BCUT2D eigenvalue weighted by atomic mass is 32.2. The van der Waals surface area contributed by atoms with Crippen molar-refractivity contribution in [2.75, 3.05) is 39.4 Å². The third-order valence-corrected chi connectivity index (χ3v) is 8.71. The molecule has 33 heavy (non-hydrogen) atoms. The van der Waals surface area contributed by atoms with Crippen molar-refractivity contribution in [1.29, 1.82) is 0 Å². The second kappa shape index (κ2) is 9.34. The first-order chi connectivity index (χ1) is 16.0. The maximum atomic E-state index is 13.1. The largest absolute Gasteiger partial charge is 0.420 e. The summed E-state index contributed by atoms with van der Waals surface area (Å²) in [6, 6.07) is 10.0. The second-order valence-electron chi connectivity index (χ2n) is 8.05. The maximum absolute atomic E-state index is 13.1. The number of thiophene rings is 1. The minimum absolute atomic E-state index is 0.0233. The molecule has 0 radical (unpaired) electrons. The van der Waals surface area contributed by atoms with Crippen LogP contribution in [-0.4, -0.2) is 73.1 Å². The van der Waals surface area contributed by atoms with Crippen LogP contribution in [0.25, 0.3) is 10.8 Å². The SMILES string of the molecule is O=C(c1ccc(S(=O)(=O)N2CCOCC2)cc1)N1CCCC(c2nnc(-c3cccs3)o2)C1. The van der Waals surface area contributed by atoms with Crippen molar-refractivity contribution in [3.05, 3.63) is 53.2 Å². The van der Waals surface area contributed by atoms with Crippen LogP contribution in [0, 0.1) is 0 Å². The molecule has 4 heterocycles. The van der Waals surface area contributed by atoms with Gasteiger partial charge in [-0.05, 0) is 48.6 Å². The Hall–Kier alpha value is -2.60. The van der Waals surface area contributed by atoms with Crippen LogP contribution >= 0.6 is 11.3 Å². The summed E-state index contributed by atoms with van der Waals surface area (Å²) in [5, 5.41) is 10.3. The van der Waals surface area contributed by atoms with E-state index in [4.69, 9.17) is 9.15 Å². The highest BCUT2D eigenvalue weighted by Crippen LogP contribution is 2.30. The predicted molar refractivity (Wildman–Crippen MR) is 122 cm³/mol. The van der Waals surface area contributed by atoms with Crippen molar-refractivity contribution in [2.45, 2.75) is 23.7 Å². The molecule has 2 fully saturated rings. The number of piperidine rings is 1. The van der Waals surface area contributed by atoms with Crippen LogP contribution in [-0.2, 0) is 14.8 Å². The maximum Gasteiger partial charge on any atom is 0.257 e. The van der Waals surface area contributed by atoms with Crippen molar-refractivity contribution in [3.63, 3.8) is 0 Å². The zero-order valence-corrected chi connectivity index (χ0v) is 19.6. The van der Waals surface area contributed by atoms with Crippen LogP contribution in [0.1, 0.15) is 35.0 Å². The van der Waals surface area contributed by atoms with Gasteiger partial charge < -0.3 is 14.1 Å². The zero-order valence-electron chi connectivity index (χ0n) is 17.9. The summed E-state index contributed by atoms with van der Waals surface area (Å²) < 4.78 is 38.2. The lowest BCUT2D eigenvalue weighted by Gasteiger charge is -2.31. The van der Waals surface area contributed by atoms with E-state index in [1.165, 1.54) is 27.8 Å². The van der Waals surface area contributed by atoms with E-state index in [2.05, 4.69) is 10.2 Å². The monoisotopic (exact) mass is 488 g/mol. The Balaban J connectivity index is 1.27. The molecule has 0 saturated carbocycles. The molecule has 2 saturated heterocycles. The standard InChI is InChI=1S/C22H24N4O5S2/c27-22(16-5-7-18(8-6-16)33(28,29)26-10-12-30-13-11-26)25-9-1-3-17(15-25)20-23-24-21(31-20)19-4-2-14-32-19/h2,4-8,14,17H,1,3,9-13,15H2. The fourth-order valence-corrected chi connectivity index (χ4v) is 6.20. The lowest BCUT2D eigenvalue weighted by atomic mass is 9.97. The number of hydrogen-bond acceptors (Lipinski definition) is 8. The van der Waals surface area contributed by atoms with Crippen molar-refractivity contribution < 1.29 is 22.4 Å². The van der Waals surface area contributed by atoms with E-state index in [1.807, 2.05) is 17.5 Å². The third kappa shape index (κ3) is 4.58. The van der Waals surface area contributed by atoms with E-state index in [0.29, 0.717) is 56.7 Å². The highest BCUT2D eigenvalue weighted by molar-refractivity contribution is 7.89. The van der Waals surface area contributed by atoms with Gasteiger partial charge in [-0.25, -0.2) is 8.42 Å². The summed E-state index contributed by atoms with van der Waals surface area (Å²) in [5.74, 6) is 0.890. The molecule has 3 aromatic rings. The molecule has 1 aromatic carbocycles. The fourth-order valence-electron chi connectivity index (χ4n) is 4.15. The molecule has 5 rings (SSSR count). The number of carbonyl (C=O) groups excluding carboxylic acids is 1. The number of hydrogen-bond donors (Lipinski definition) is 0. The summed E-state index contributed by atoms with van der Waals surface area (Å²) >= 11 is 1.54. The molecule has 0 spiro atoms. The Morgan fingerprint density at radius 1 is 1.06 bits per heavy atom. The van der Waals surface area contributed by atoms with Gasteiger partial charge in [0.1, 0.15) is 0 Å². The first kappa shape index (κ1) is 22.2. The summed E-state index contributed by atoms with van der Waals surface area (Å²) in [5.41, 5.74) is 0.460. The molecule has 1 unspecified atom stereocenters. The second-order valence-corrected chi connectivity index (χ2v) is 10.9. The number of carbonyl (C=O) groups is 1. The number of likely N-dealkylation sites (tertiary alicyclic amines) is 1. The van der Waals surface area contributed by atoms with Crippen molar-refractivity contribution >= 4 is 27.3 Å². The number of sulfonamides is 1. The van der Waals surface area contributed by atoms with E-state index in [-0.39, 0.29) is 16.7 Å². The molecule has 2 aliphatic heterocycles. The minimum Gasteiger partial charge on any atom is -0.420 e. The van der Waals surface area contributed by atoms with Crippen LogP contribution in [0.5, 0.6) is 0 Å². The minimum atomic E-state index is -3.59. The van der Waals surface area contributed by atoms with Gasteiger partial charge in [0.05, 0.1) is 28.9 Å². The summed E-state index contributed by atoms with van der Waals surface area (Å²) in [6.07, 6.45) is 1.70. The Morgan fingerprint density at radius 3 is 2.58 bits per heavy atom. The molecular weight excluding hydrogens is 464 g/mol. The van der Waals surface area contributed by atoms with E-state index >= 15 is 0 Å². The van der Waals surface area contributed by atoms with Gasteiger partial charge in [0, 0.05) is 31.7 Å². The van der Waals surface area contributed by atoms with Gasteiger partial charge in [-0.15, -0.1) is 21.5 Å². The number of morpholine rings is 1. The number of benzene rings is 1. The molecule has 2 aromatic heterocycles. The smallest absolute Gasteiger partial charge is 0.257 e. The molecule has 174 valence electrons. The lowest BCUT2D eigenvalue weighted by molar-refractivity contribution is 0.0698. The molecule has 0 bridgehead atoms. The normalized spacial score (nSPS) is 20.1. The number of ether oxygens (including phenoxy) is 1. The molecule has 9 nitrogen and oxygen atoms in total. The quantitative estimate of drug-likeness (QED) is 0.544. The average Bonchev–Trinajstić information content (AvgIpc) is 3.57. The zero-order chi connectivity index (χ0) is 22.8. The van der Waals surface area contributed by atoms with Gasteiger partial charge in [0.2, 0.25) is 15.9 Å². The van der Waals surface area contributed by atoms with Gasteiger partial charge in [-0.1, -0.05) is 6.07 Å². The lowest BCUT2D eigenvalue weighted by Crippen LogP contribution is -2.40. The van der Waals surface area contributed by atoms with Gasteiger partial charge in [0.15, 0.2) is 0 Å². The van der Waals surface area contributed by atoms with Gasteiger partial charge in [-0.3, -0.25) is 4.79 Å². The molecule has 11 heteroatoms. The Bertz CT molecular complexity index is 1200. The summed E-state index contributed by atoms with van der Waals surface area (Å²) in [6.45, 7) is 2.57. The van der Waals surface area contributed by atoms with E-state index < -0.39 is 10.0 Å². The Labute approximate surface area is 196 Å². The molecule has 0 aliphatic carbocycles. The Kier molecular flexibility index (Phi) is 6.28. The van der Waals surface area contributed by atoms with Gasteiger partial charge in [0.25, 0.3) is 11.8 Å². The van der Waals surface area contributed by atoms with Crippen LogP contribution in [0.3, 0.4) is 0 Å². The molecule has 1 amide bonds. The number of nitrogens with zero attached hydrogens (tertiary/aromatic N) is 4. The number of aromatic nitrogens is 2. The number of rotatable bonds is 5. The molecule has 2 aliphatic rings. The highest BCUT2D eigenvalue weighted by Gasteiger charge is 2.30. The number of amides is 1. The topological polar surface area (TPSA) is 106 Å².